The van der Waals surface area contributed by atoms with Crippen LogP contribution >= 0.6 is 24.4 Å². The first kappa shape index (κ1) is 64.5. The highest BCUT2D eigenvalue weighted by molar-refractivity contribution is 7.98. The number of hydrogen-bond acceptors (Lipinski definition) is 14. The number of aliphatic hydroxyl groups excluding tert-OH is 1. The molecule has 0 spiro atoms. The lowest BCUT2D eigenvalue weighted by molar-refractivity contribution is -0.143. The lowest BCUT2D eigenvalue weighted by Gasteiger charge is -2.31. The van der Waals surface area contributed by atoms with Crippen LogP contribution in [0.4, 0.5) is 0 Å². The normalized spacial score (nSPS) is 17.1. The molecule has 0 aliphatic carbocycles. The summed E-state index contributed by atoms with van der Waals surface area (Å²) in [6, 6.07) is -2.36. The molecule has 25 heteroatoms. The Morgan fingerprint density at radius 2 is 1.24 bits per heavy atom. The summed E-state index contributed by atoms with van der Waals surface area (Å²) in [5, 5.41) is 39.2. The molecule has 0 saturated carbocycles. The van der Waals surface area contributed by atoms with Gasteiger partial charge in [0.1, 0.15) is 48.3 Å². The average Bonchev–Trinajstić information content (AvgIpc) is 3.83. The van der Waals surface area contributed by atoms with Crippen molar-refractivity contribution in [3.05, 3.63) is 35.9 Å². The Balaban J connectivity index is 2.37. The number of carboxylic acids is 1. The van der Waals surface area contributed by atoms with Crippen molar-refractivity contribution in [3.63, 3.8) is 0 Å². The van der Waals surface area contributed by atoms with Gasteiger partial charge >= 0.3 is 5.97 Å². The number of nitrogens with one attached hydrogen (secondary N) is 7. The van der Waals surface area contributed by atoms with E-state index in [9.17, 15) is 53.4 Å². The Morgan fingerprint density at radius 3 is 1.80 bits per heavy atom. The van der Waals surface area contributed by atoms with Crippen LogP contribution in [-0.4, -0.2) is 166 Å². The van der Waals surface area contributed by atoms with E-state index in [4.69, 9.17) is 17.2 Å². The van der Waals surface area contributed by atoms with Gasteiger partial charge in [0, 0.05) is 25.3 Å². The minimum absolute atomic E-state index is 0.0229. The average molecular weight is 1080 g/mol. The highest BCUT2D eigenvalue weighted by Crippen LogP contribution is 2.20. The summed E-state index contributed by atoms with van der Waals surface area (Å²) in [5.74, 6) is -7.53. The molecule has 15 N–H and O–H groups in total. The Labute approximate surface area is 444 Å². The van der Waals surface area contributed by atoms with E-state index >= 15 is 0 Å². The maximum Gasteiger partial charge on any atom is 0.326 e. The van der Waals surface area contributed by atoms with Gasteiger partial charge in [-0.3, -0.25) is 43.3 Å². The number of carbonyl (C=O) groups excluding carboxylic acids is 8. The van der Waals surface area contributed by atoms with Crippen molar-refractivity contribution in [2.24, 2.45) is 39.9 Å². The Bertz CT molecular complexity index is 2060. The van der Waals surface area contributed by atoms with E-state index < -0.39 is 114 Å². The monoisotopic (exact) mass is 1080 g/mol. The molecule has 1 fully saturated rings. The quantitative estimate of drug-likeness (QED) is 0.0176. The highest BCUT2D eigenvalue weighted by atomic mass is 32.2. The van der Waals surface area contributed by atoms with Crippen LogP contribution in [-0.2, 0) is 49.6 Å². The van der Waals surface area contributed by atoms with Gasteiger partial charge in [-0.05, 0) is 87.2 Å². The molecular formula is C49H82N12O11S2. The first-order valence-electron chi connectivity index (χ1n) is 25.1. The standard InChI is InChI=1S/C49H82N12O11S2/c1-26(2)22-33(42(65)56-34(24-30-14-10-9-11-15-30)43(66)58-35(48(71)72)23-27(3)4)57-46(69)39(29(7)62)60-41(64)31(16-12-19-53-49(51)52)54-44(67)37-17-13-20-61(37)47(70)36(25-73)59-40(63)32(18-21-74-8)55-45(68)38(50)28(5)6/h9-11,14-15,26-29,31-39,62,73H,12-13,16-25,50H2,1-8H3,(H,54,67)(H,55,68)(H,56,65)(H,57,69)(H,58,66)(H,59,63)(H,60,64)(H,71,72)(H4,51,52,53)/t29-,31+,32+,33+,34+,35+,36+,37+,38+,39+/m1/s1. The summed E-state index contributed by atoms with van der Waals surface area (Å²) in [7, 11) is 0. The number of nitrogens with zero attached hydrogens (tertiary/aromatic N) is 2. The van der Waals surface area contributed by atoms with E-state index in [1.807, 2.05) is 6.26 Å². The second kappa shape index (κ2) is 32.6. The molecule has 1 aromatic carbocycles. The summed E-state index contributed by atoms with van der Waals surface area (Å²) in [6.07, 6.45) is 1.34. The number of thioether (sulfide) groups is 1. The third-order valence-corrected chi connectivity index (χ3v) is 13.1. The van der Waals surface area contributed by atoms with Gasteiger partial charge < -0.3 is 69.5 Å². The smallest absolute Gasteiger partial charge is 0.326 e. The van der Waals surface area contributed by atoms with Crippen LogP contribution in [0.2, 0.25) is 0 Å². The number of rotatable bonds is 32. The van der Waals surface area contributed by atoms with Gasteiger partial charge in [-0.1, -0.05) is 71.9 Å². The van der Waals surface area contributed by atoms with E-state index in [2.05, 4.69) is 54.8 Å². The SMILES string of the molecule is CSCC[C@H](NC(=O)[C@@H](N)C(C)C)C(=O)N[C@@H](CS)C(=O)N1CCC[C@H]1C(=O)N[C@@H](CCCN=C(N)N)C(=O)N[C@H](C(=O)N[C@@H](CC(C)C)C(=O)N[C@@H](Cc1ccccc1)C(=O)N[C@@H](CC(C)C)C(=O)O)[C@@H](C)O. The topological polar surface area (TPSA) is 372 Å². The second-order valence-corrected chi connectivity index (χ2v) is 21.1. The van der Waals surface area contributed by atoms with Crippen LogP contribution < -0.4 is 54.4 Å². The van der Waals surface area contributed by atoms with Gasteiger partial charge in [0.05, 0.1) is 12.1 Å². The summed E-state index contributed by atoms with van der Waals surface area (Å²) in [4.78, 5) is 128. The third kappa shape index (κ3) is 22.0. The fourth-order valence-electron chi connectivity index (χ4n) is 8.00. The maximum absolute atomic E-state index is 14.2. The fourth-order valence-corrected chi connectivity index (χ4v) is 8.72. The third-order valence-electron chi connectivity index (χ3n) is 12.1. The molecule has 416 valence electrons. The predicted octanol–water partition coefficient (Wildman–Crippen LogP) is -1.11. The molecule has 0 aromatic heterocycles. The minimum Gasteiger partial charge on any atom is -0.480 e. The lowest BCUT2D eigenvalue weighted by atomic mass is 9.99. The number of likely N-dealkylation sites (tertiary alicyclic amines) is 1. The minimum atomic E-state index is -1.69. The number of carboxylic acid groups (broad SMARTS) is 1. The summed E-state index contributed by atoms with van der Waals surface area (Å²) in [6.45, 7) is 12.1. The van der Waals surface area contributed by atoms with Gasteiger partial charge in [0.15, 0.2) is 5.96 Å². The zero-order chi connectivity index (χ0) is 55.8. The molecule has 1 heterocycles. The molecule has 2 rings (SSSR count). The van der Waals surface area contributed by atoms with Gasteiger partial charge in [-0.2, -0.15) is 24.4 Å². The number of aliphatic carboxylic acids is 1. The van der Waals surface area contributed by atoms with Crippen LogP contribution in [0.25, 0.3) is 0 Å². The van der Waals surface area contributed by atoms with Crippen LogP contribution in [0.3, 0.4) is 0 Å². The number of aliphatic hydroxyl groups is 1. The van der Waals surface area contributed by atoms with Crippen molar-refractivity contribution in [1.82, 2.24) is 42.1 Å². The van der Waals surface area contributed by atoms with E-state index in [1.165, 1.54) is 23.6 Å². The molecule has 1 aromatic rings. The zero-order valence-electron chi connectivity index (χ0n) is 43.9. The highest BCUT2D eigenvalue weighted by Gasteiger charge is 2.40. The molecule has 74 heavy (non-hydrogen) atoms. The first-order valence-corrected chi connectivity index (χ1v) is 27.1. The number of guanidine groups is 1. The number of carbonyl (C=O) groups is 9. The largest absolute Gasteiger partial charge is 0.480 e. The molecule has 0 bridgehead atoms. The zero-order valence-corrected chi connectivity index (χ0v) is 45.6. The molecule has 1 saturated heterocycles. The van der Waals surface area contributed by atoms with Crippen molar-refractivity contribution in [3.8, 4) is 0 Å². The van der Waals surface area contributed by atoms with E-state index in [1.54, 1.807) is 71.9 Å². The molecule has 23 nitrogen and oxygen atoms in total. The summed E-state index contributed by atoms with van der Waals surface area (Å²) >= 11 is 5.79. The fraction of sp³-hybridized carbons (Fsp3) is 0.673. The Hall–Kier alpha value is -5.66. The molecule has 0 radical (unpaired) electrons. The first-order chi connectivity index (χ1) is 34.8. The van der Waals surface area contributed by atoms with Crippen molar-refractivity contribution < 1.29 is 53.4 Å². The van der Waals surface area contributed by atoms with Crippen molar-refractivity contribution in [2.75, 3.05) is 30.9 Å². The van der Waals surface area contributed by atoms with E-state index in [-0.39, 0.29) is 87.5 Å². The van der Waals surface area contributed by atoms with Crippen LogP contribution in [0, 0.1) is 17.8 Å². The molecular weight excluding hydrogens is 997 g/mol. The molecule has 0 unspecified atom stereocenters. The number of thiol groups is 1. The van der Waals surface area contributed by atoms with Crippen molar-refractivity contribution in [2.45, 2.75) is 160 Å². The number of hydrogen-bond donors (Lipinski definition) is 13. The molecule has 1 aliphatic heterocycles. The van der Waals surface area contributed by atoms with Gasteiger partial charge in [0.25, 0.3) is 0 Å². The number of benzene rings is 1. The van der Waals surface area contributed by atoms with Crippen LogP contribution in [0.5, 0.6) is 0 Å². The summed E-state index contributed by atoms with van der Waals surface area (Å²) in [5.41, 5.74) is 17.7. The number of amides is 8. The van der Waals surface area contributed by atoms with Crippen LogP contribution in [0.15, 0.2) is 35.3 Å². The van der Waals surface area contributed by atoms with E-state index in [0.717, 1.165) is 0 Å². The molecule has 8 amide bonds. The van der Waals surface area contributed by atoms with Crippen molar-refractivity contribution >= 4 is 83.6 Å². The number of nitrogens with two attached hydrogens (primary N) is 3. The summed E-state index contributed by atoms with van der Waals surface area (Å²) < 4.78 is 0. The molecule has 10 atom stereocenters. The van der Waals surface area contributed by atoms with Crippen molar-refractivity contribution in [1.29, 1.82) is 0 Å². The van der Waals surface area contributed by atoms with E-state index in [0.29, 0.717) is 17.7 Å². The maximum atomic E-state index is 14.2. The predicted molar refractivity (Wildman–Crippen MR) is 286 cm³/mol. The molecule has 1 aliphatic rings. The number of aliphatic imine (C=N–C) groups is 1. The van der Waals surface area contributed by atoms with Crippen LogP contribution in [0.1, 0.15) is 99.0 Å². The van der Waals surface area contributed by atoms with Gasteiger partial charge in [-0.25, -0.2) is 4.79 Å². The van der Waals surface area contributed by atoms with Gasteiger partial charge in [-0.15, -0.1) is 0 Å². The lowest BCUT2D eigenvalue weighted by Crippen LogP contribution is -2.62. The Morgan fingerprint density at radius 1 is 0.716 bits per heavy atom. The Kier molecular flexibility index (Phi) is 28.4. The van der Waals surface area contributed by atoms with Gasteiger partial charge in [0.2, 0.25) is 47.3 Å². The second-order valence-electron chi connectivity index (χ2n) is 19.8.